The molecule has 5 heteroatoms. The minimum atomic E-state index is -0.369. The van der Waals surface area contributed by atoms with Crippen LogP contribution in [0.15, 0.2) is 84.0 Å². The Morgan fingerprint density at radius 2 is 1.63 bits per heavy atom. The summed E-state index contributed by atoms with van der Waals surface area (Å²) in [6.07, 6.45) is 1.72. The van der Waals surface area contributed by atoms with Crippen molar-refractivity contribution in [1.29, 1.82) is 0 Å². The van der Waals surface area contributed by atoms with Crippen LogP contribution in [-0.2, 0) is 6.54 Å². The molecular weight excluding hydrogens is 372 g/mol. The van der Waals surface area contributed by atoms with E-state index in [9.17, 15) is 4.79 Å². The molecule has 0 aliphatic rings. The maximum Gasteiger partial charge on any atom is 0.339 e. The first-order valence-corrected chi connectivity index (χ1v) is 9.91. The topological polar surface area (TPSA) is 58.4 Å². The summed E-state index contributed by atoms with van der Waals surface area (Å²) in [5, 5.41) is 8.12. The number of nitrogens with one attached hydrogen (secondary N) is 2. The lowest BCUT2D eigenvalue weighted by atomic mass is 10.1. The zero-order chi connectivity index (χ0) is 20.9. The lowest BCUT2D eigenvalue weighted by Gasteiger charge is -2.08. The lowest BCUT2D eigenvalue weighted by molar-refractivity contribution is 0.252. The molecule has 2 amide bonds. The second-order valence-electron chi connectivity index (χ2n) is 7.23. The van der Waals surface area contributed by atoms with Crippen LogP contribution in [0, 0.1) is 13.8 Å². The number of hydrogen-bond donors (Lipinski definition) is 2. The molecule has 0 saturated heterocycles. The van der Waals surface area contributed by atoms with E-state index in [1.807, 2.05) is 49.4 Å². The Morgan fingerprint density at radius 3 is 2.43 bits per heavy atom. The van der Waals surface area contributed by atoms with Crippen LogP contribution in [0.5, 0.6) is 0 Å². The molecule has 4 aromatic rings. The Kier molecular flexibility index (Phi) is 5.61. The van der Waals surface area contributed by atoms with Crippen LogP contribution in [-0.4, -0.2) is 16.8 Å². The summed E-state index contributed by atoms with van der Waals surface area (Å²) in [7, 11) is 0. The largest absolute Gasteiger partial charge is 0.340 e. The van der Waals surface area contributed by atoms with Crippen molar-refractivity contribution in [2.75, 3.05) is 5.32 Å². The smallest absolute Gasteiger partial charge is 0.339 e. The number of anilines is 1. The summed E-state index contributed by atoms with van der Waals surface area (Å²) >= 11 is 0. The monoisotopic (exact) mass is 396 g/mol. The summed E-state index contributed by atoms with van der Waals surface area (Å²) in [5.41, 5.74) is 8.81. The maximum atomic E-state index is 12.2. The van der Waals surface area contributed by atoms with Gasteiger partial charge in [-0.05, 0) is 37.1 Å². The van der Waals surface area contributed by atoms with Gasteiger partial charge in [-0.15, -0.1) is 0 Å². The van der Waals surface area contributed by atoms with Gasteiger partial charge < -0.3 is 9.88 Å². The zero-order valence-corrected chi connectivity index (χ0v) is 17.1. The fraction of sp³-hybridized carbons (Fsp3) is 0.120. The molecule has 0 aliphatic carbocycles. The number of nitrogens with zero attached hydrogens (tertiary/aromatic N) is 2. The predicted octanol–water partition coefficient (Wildman–Crippen LogP) is 5.46. The van der Waals surface area contributed by atoms with Crippen molar-refractivity contribution >= 4 is 28.8 Å². The molecule has 0 saturated carbocycles. The number of urea groups is 1. The van der Waals surface area contributed by atoms with Gasteiger partial charge in [-0.3, -0.25) is 0 Å². The van der Waals surface area contributed by atoms with Crippen LogP contribution in [0.25, 0.3) is 10.9 Å². The molecule has 150 valence electrons. The lowest BCUT2D eigenvalue weighted by Crippen LogP contribution is -2.24. The summed E-state index contributed by atoms with van der Waals surface area (Å²) in [4.78, 5) is 12.2. The number of carbonyl (C=O) groups is 1. The van der Waals surface area contributed by atoms with Gasteiger partial charge in [0.15, 0.2) is 0 Å². The average molecular weight is 396 g/mol. The third kappa shape index (κ3) is 4.10. The third-order valence-corrected chi connectivity index (χ3v) is 5.22. The first kappa shape index (κ1) is 19.5. The van der Waals surface area contributed by atoms with Gasteiger partial charge in [-0.1, -0.05) is 66.7 Å². The number of para-hydroxylation sites is 2. The van der Waals surface area contributed by atoms with E-state index in [0.29, 0.717) is 0 Å². The molecule has 2 N–H and O–H groups in total. The summed E-state index contributed by atoms with van der Waals surface area (Å²) in [5.74, 6) is 0. The van der Waals surface area contributed by atoms with Gasteiger partial charge in [0.25, 0.3) is 0 Å². The number of aryl methyl sites for hydroxylation is 1. The second-order valence-corrected chi connectivity index (χ2v) is 7.23. The number of hydrogen-bond acceptors (Lipinski definition) is 2. The molecule has 1 aromatic heterocycles. The molecule has 30 heavy (non-hydrogen) atoms. The van der Waals surface area contributed by atoms with Gasteiger partial charge in [0.1, 0.15) is 0 Å². The highest BCUT2D eigenvalue weighted by Crippen LogP contribution is 2.25. The Balaban J connectivity index is 1.56. The van der Waals surface area contributed by atoms with Crippen molar-refractivity contribution in [3.05, 3.63) is 101 Å². The van der Waals surface area contributed by atoms with Gasteiger partial charge in [0, 0.05) is 34.4 Å². The number of carbonyl (C=O) groups excluding carboxylic acids is 1. The fourth-order valence-electron chi connectivity index (χ4n) is 3.61. The summed E-state index contributed by atoms with van der Waals surface area (Å²) in [6, 6.07) is 25.9. The van der Waals surface area contributed by atoms with E-state index in [2.05, 4.69) is 63.7 Å². The molecule has 4 rings (SSSR count). The van der Waals surface area contributed by atoms with Gasteiger partial charge in [0.2, 0.25) is 0 Å². The van der Waals surface area contributed by atoms with Crippen LogP contribution in [0.2, 0.25) is 0 Å². The third-order valence-electron chi connectivity index (χ3n) is 5.22. The highest BCUT2D eigenvalue weighted by molar-refractivity contribution is 6.01. The van der Waals surface area contributed by atoms with Crippen molar-refractivity contribution < 1.29 is 4.79 Å². The molecule has 0 fully saturated rings. The van der Waals surface area contributed by atoms with Crippen molar-refractivity contribution in [1.82, 2.24) is 9.99 Å². The SMILES string of the molecule is Cc1ccccc1NC(=O)NN=Cc1c(C)n(Cc2ccccc2)c2ccccc12. The quantitative estimate of drug-likeness (QED) is 0.341. The number of benzene rings is 3. The summed E-state index contributed by atoms with van der Waals surface area (Å²) < 4.78 is 2.28. The molecule has 0 bridgehead atoms. The predicted molar refractivity (Wildman–Crippen MR) is 123 cm³/mol. The number of amides is 2. The van der Waals surface area contributed by atoms with E-state index < -0.39 is 0 Å². The molecule has 0 aliphatic heterocycles. The summed E-state index contributed by atoms with van der Waals surface area (Å²) in [6.45, 7) is 4.81. The van der Waals surface area contributed by atoms with Gasteiger partial charge in [-0.2, -0.15) is 5.10 Å². The highest BCUT2D eigenvalue weighted by Gasteiger charge is 2.12. The Bertz CT molecular complexity index is 1210. The Labute approximate surface area is 176 Å². The van der Waals surface area contributed by atoms with E-state index in [1.165, 1.54) is 5.56 Å². The first-order chi connectivity index (χ1) is 14.6. The van der Waals surface area contributed by atoms with Crippen LogP contribution >= 0.6 is 0 Å². The first-order valence-electron chi connectivity index (χ1n) is 9.91. The van der Waals surface area contributed by atoms with E-state index in [-0.39, 0.29) is 6.03 Å². The normalized spacial score (nSPS) is 11.1. The highest BCUT2D eigenvalue weighted by atomic mass is 16.2. The number of rotatable bonds is 5. The molecule has 0 radical (unpaired) electrons. The van der Waals surface area contributed by atoms with Crippen LogP contribution in [0.4, 0.5) is 10.5 Å². The number of hydrazone groups is 1. The van der Waals surface area contributed by atoms with E-state index >= 15 is 0 Å². The van der Waals surface area contributed by atoms with Crippen molar-refractivity contribution in [2.45, 2.75) is 20.4 Å². The molecule has 0 atom stereocenters. The van der Waals surface area contributed by atoms with Gasteiger partial charge in [0.05, 0.1) is 6.21 Å². The minimum absolute atomic E-state index is 0.369. The average Bonchev–Trinajstić information content (AvgIpc) is 3.02. The zero-order valence-electron chi connectivity index (χ0n) is 17.1. The van der Waals surface area contributed by atoms with E-state index in [1.54, 1.807) is 6.21 Å². The fourth-order valence-corrected chi connectivity index (χ4v) is 3.61. The standard InChI is InChI=1S/C25H24N4O/c1-18-10-6-8-14-23(18)27-25(30)28-26-16-22-19(2)29(17-20-11-4-3-5-12-20)24-15-9-7-13-21(22)24/h3-16H,17H2,1-2H3,(H2,27,28,30). The maximum absolute atomic E-state index is 12.2. The van der Waals surface area contributed by atoms with Crippen LogP contribution < -0.4 is 10.7 Å². The van der Waals surface area contributed by atoms with E-state index in [0.717, 1.165) is 40.0 Å². The Morgan fingerprint density at radius 1 is 0.933 bits per heavy atom. The molecule has 3 aromatic carbocycles. The molecule has 0 spiro atoms. The molecule has 5 nitrogen and oxygen atoms in total. The number of aromatic nitrogens is 1. The second kappa shape index (κ2) is 8.66. The molecular formula is C25H24N4O. The van der Waals surface area contributed by atoms with Crippen LogP contribution in [0.3, 0.4) is 0 Å². The molecule has 1 heterocycles. The van der Waals surface area contributed by atoms with Crippen LogP contribution in [0.1, 0.15) is 22.4 Å². The van der Waals surface area contributed by atoms with Crippen molar-refractivity contribution in [2.24, 2.45) is 5.10 Å². The van der Waals surface area contributed by atoms with Gasteiger partial charge >= 0.3 is 6.03 Å². The van der Waals surface area contributed by atoms with Crippen molar-refractivity contribution in [3.8, 4) is 0 Å². The van der Waals surface area contributed by atoms with E-state index in [4.69, 9.17) is 0 Å². The molecule has 0 unspecified atom stereocenters. The van der Waals surface area contributed by atoms with Crippen molar-refractivity contribution in [3.63, 3.8) is 0 Å². The van der Waals surface area contributed by atoms with Gasteiger partial charge in [-0.25, -0.2) is 10.2 Å². The number of fused-ring (bicyclic) bond motifs is 1. The Hall–Kier alpha value is -3.86. The minimum Gasteiger partial charge on any atom is -0.340 e.